The van der Waals surface area contributed by atoms with Gasteiger partial charge in [-0.3, -0.25) is 18.8 Å². The molecule has 0 radical (unpaired) electrons. The van der Waals surface area contributed by atoms with E-state index in [2.05, 4.69) is 27.4 Å². The van der Waals surface area contributed by atoms with Crippen LogP contribution < -0.4 is 11.2 Å². The van der Waals surface area contributed by atoms with E-state index in [0.717, 1.165) is 17.7 Å². The van der Waals surface area contributed by atoms with E-state index in [-0.39, 0.29) is 11.2 Å². The molecule has 0 bridgehead atoms. The lowest BCUT2D eigenvalue weighted by Crippen LogP contribution is -2.37. The molecular weight excluding hydrogens is 338 g/mol. The maximum atomic E-state index is 12.5. The third-order valence-corrected chi connectivity index (χ3v) is 6.05. The van der Waals surface area contributed by atoms with Crippen LogP contribution in [0.1, 0.15) is 23.8 Å². The summed E-state index contributed by atoms with van der Waals surface area (Å²) in [5, 5.41) is 2.12. The van der Waals surface area contributed by atoms with Crippen molar-refractivity contribution in [2.75, 3.05) is 13.1 Å². The van der Waals surface area contributed by atoms with Crippen LogP contribution in [0.15, 0.2) is 33.4 Å². The molecule has 0 N–H and O–H groups in total. The van der Waals surface area contributed by atoms with E-state index in [0.29, 0.717) is 23.8 Å². The highest BCUT2D eigenvalue weighted by molar-refractivity contribution is 7.10. The Morgan fingerprint density at radius 1 is 1.24 bits per heavy atom. The molecule has 0 saturated carbocycles. The quantitative estimate of drug-likeness (QED) is 0.705. The SMILES string of the molecule is Cn1c(=O)c2c(ncn2CCN2CCCC2c2cccs2)n(C)c1=O. The van der Waals surface area contributed by atoms with E-state index < -0.39 is 0 Å². The van der Waals surface area contributed by atoms with Gasteiger partial charge >= 0.3 is 5.69 Å². The molecule has 0 amide bonds. The van der Waals surface area contributed by atoms with Gasteiger partial charge in [0.25, 0.3) is 5.56 Å². The second-order valence-corrected chi connectivity index (χ2v) is 7.50. The van der Waals surface area contributed by atoms with Crippen molar-refractivity contribution in [1.82, 2.24) is 23.6 Å². The summed E-state index contributed by atoms with van der Waals surface area (Å²) in [4.78, 5) is 32.7. The van der Waals surface area contributed by atoms with Crippen LogP contribution in [0, 0.1) is 0 Å². The summed E-state index contributed by atoms with van der Waals surface area (Å²) in [6, 6.07) is 4.78. The van der Waals surface area contributed by atoms with Gasteiger partial charge in [0, 0.05) is 38.1 Å². The predicted octanol–water partition coefficient (Wildman–Crippen LogP) is 1.33. The fourth-order valence-corrected chi connectivity index (χ4v) is 4.59. The lowest BCUT2D eigenvalue weighted by atomic mass is 10.2. The summed E-state index contributed by atoms with van der Waals surface area (Å²) in [6.45, 7) is 2.62. The second kappa shape index (κ2) is 6.27. The fraction of sp³-hybridized carbons (Fsp3) is 0.471. The van der Waals surface area contributed by atoms with Crippen LogP contribution >= 0.6 is 11.3 Å². The number of aryl methyl sites for hydroxylation is 1. The van der Waals surface area contributed by atoms with E-state index in [1.165, 1.54) is 29.3 Å². The zero-order valence-corrected chi connectivity index (χ0v) is 15.2. The number of nitrogens with zero attached hydrogens (tertiary/aromatic N) is 5. The lowest BCUT2D eigenvalue weighted by molar-refractivity contribution is 0.250. The molecule has 1 unspecified atom stereocenters. The van der Waals surface area contributed by atoms with Gasteiger partial charge in [-0.2, -0.15) is 0 Å². The van der Waals surface area contributed by atoms with Crippen molar-refractivity contribution < 1.29 is 0 Å². The van der Waals surface area contributed by atoms with E-state index in [1.807, 2.05) is 4.57 Å². The molecule has 0 spiro atoms. The van der Waals surface area contributed by atoms with Crippen LogP contribution in [0.25, 0.3) is 11.2 Å². The van der Waals surface area contributed by atoms with Crippen molar-refractivity contribution >= 4 is 22.5 Å². The molecule has 1 fully saturated rings. The number of aromatic nitrogens is 4. The van der Waals surface area contributed by atoms with Gasteiger partial charge < -0.3 is 4.57 Å². The third kappa shape index (κ3) is 2.65. The zero-order chi connectivity index (χ0) is 17.6. The van der Waals surface area contributed by atoms with Crippen LogP contribution in [0.4, 0.5) is 0 Å². The third-order valence-electron chi connectivity index (χ3n) is 5.08. The van der Waals surface area contributed by atoms with Crippen molar-refractivity contribution in [3.8, 4) is 0 Å². The maximum absolute atomic E-state index is 12.5. The zero-order valence-electron chi connectivity index (χ0n) is 14.4. The minimum absolute atomic E-state index is 0.285. The average Bonchev–Trinajstić information content (AvgIpc) is 3.35. The van der Waals surface area contributed by atoms with Gasteiger partial charge in [0.1, 0.15) is 0 Å². The minimum atomic E-state index is -0.347. The number of hydrogen-bond donors (Lipinski definition) is 0. The standard InChI is InChI=1S/C17H21N5O2S/c1-19-15-14(16(23)20(2)17(19)24)22(11-18-15)9-8-21-7-3-5-12(21)13-6-4-10-25-13/h4,6,10-12H,3,5,7-9H2,1-2H3. The molecule has 1 saturated heterocycles. The molecule has 1 aliphatic rings. The van der Waals surface area contributed by atoms with Gasteiger partial charge in [-0.1, -0.05) is 6.07 Å². The van der Waals surface area contributed by atoms with Crippen molar-refractivity contribution in [1.29, 1.82) is 0 Å². The van der Waals surface area contributed by atoms with Gasteiger partial charge in [-0.25, -0.2) is 9.78 Å². The summed E-state index contributed by atoms with van der Waals surface area (Å²) in [5.74, 6) is 0. The molecule has 0 aromatic carbocycles. The number of hydrogen-bond acceptors (Lipinski definition) is 5. The molecule has 0 aliphatic carbocycles. The van der Waals surface area contributed by atoms with Gasteiger partial charge in [0.05, 0.1) is 6.33 Å². The number of rotatable bonds is 4. The number of thiophene rings is 1. The molecule has 3 aromatic rings. The summed E-state index contributed by atoms with van der Waals surface area (Å²) in [7, 11) is 3.16. The largest absolute Gasteiger partial charge is 0.332 e. The van der Waals surface area contributed by atoms with Crippen LogP contribution in [0.2, 0.25) is 0 Å². The molecule has 7 nitrogen and oxygen atoms in total. The van der Waals surface area contributed by atoms with Gasteiger partial charge in [-0.15, -0.1) is 11.3 Å². The summed E-state index contributed by atoms with van der Waals surface area (Å²) < 4.78 is 4.45. The Hall–Kier alpha value is -2.19. The summed E-state index contributed by atoms with van der Waals surface area (Å²) in [5.41, 5.74) is 0.313. The van der Waals surface area contributed by atoms with Gasteiger partial charge in [-0.05, 0) is 30.8 Å². The van der Waals surface area contributed by atoms with Gasteiger partial charge in [0.15, 0.2) is 11.2 Å². The Bertz CT molecular complexity index is 1010. The Balaban J connectivity index is 1.62. The van der Waals surface area contributed by atoms with Crippen molar-refractivity contribution in [3.63, 3.8) is 0 Å². The maximum Gasteiger partial charge on any atom is 0.332 e. The first-order valence-electron chi connectivity index (χ1n) is 8.46. The molecular formula is C17H21N5O2S. The normalized spacial score (nSPS) is 18.4. The van der Waals surface area contributed by atoms with Crippen molar-refractivity contribution in [2.45, 2.75) is 25.4 Å². The number of fused-ring (bicyclic) bond motifs is 1. The number of likely N-dealkylation sites (tertiary alicyclic amines) is 1. The first kappa shape index (κ1) is 16.3. The molecule has 4 rings (SSSR count). The fourth-order valence-electron chi connectivity index (χ4n) is 3.70. The van der Waals surface area contributed by atoms with E-state index in [1.54, 1.807) is 24.7 Å². The average molecular weight is 359 g/mol. The Morgan fingerprint density at radius 3 is 2.84 bits per heavy atom. The highest BCUT2D eigenvalue weighted by Crippen LogP contribution is 2.34. The summed E-state index contributed by atoms with van der Waals surface area (Å²) >= 11 is 1.81. The minimum Gasteiger partial charge on any atom is -0.323 e. The highest BCUT2D eigenvalue weighted by atomic mass is 32.1. The molecule has 132 valence electrons. The summed E-state index contributed by atoms with van der Waals surface area (Å²) in [6.07, 6.45) is 4.05. The van der Waals surface area contributed by atoms with Crippen LogP contribution in [-0.4, -0.2) is 36.7 Å². The van der Waals surface area contributed by atoms with Crippen molar-refractivity contribution in [3.05, 3.63) is 49.6 Å². The highest BCUT2D eigenvalue weighted by Gasteiger charge is 2.26. The van der Waals surface area contributed by atoms with E-state index >= 15 is 0 Å². The lowest BCUT2D eigenvalue weighted by Gasteiger charge is -2.23. The van der Waals surface area contributed by atoms with Crippen molar-refractivity contribution in [2.24, 2.45) is 14.1 Å². The topological polar surface area (TPSA) is 65.1 Å². The van der Waals surface area contributed by atoms with Gasteiger partial charge in [0.2, 0.25) is 0 Å². The smallest absolute Gasteiger partial charge is 0.323 e. The molecule has 3 aromatic heterocycles. The molecule has 8 heteroatoms. The Morgan fingerprint density at radius 2 is 2.08 bits per heavy atom. The second-order valence-electron chi connectivity index (χ2n) is 6.53. The van der Waals surface area contributed by atoms with E-state index in [9.17, 15) is 9.59 Å². The van der Waals surface area contributed by atoms with Crippen LogP contribution in [0.5, 0.6) is 0 Å². The Kier molecular flexibility index (Phi) is 4.09. The number of imidazole rings is 1. The van der Waals surface area contributed by atoms with Crippen LogP contribution in [-0.2, 0) is 20.6 Å². The Labute approximate surface area is 148 Å². The monoisotopic (exact) mass is 359 g/mol. The first-order chi connectivity index (χ1) is 12.1. The first-order valence-corrected chi connectivity index (χ1v) is 9.34. The predicted molar refractivity (Wildman–Crippen MR) is 98.1 cm³/mol. The van der Waals surface area contributed by atoms with Crippen LogP contribution in [0.3, 0.4) is 0 Å². The van der Waals surface area contributed by atoms with E-state index in [4.69, 9.17) is 0 Å². The molecule has 1 atom stereocenters. The molecule has 1 aliphatic heterocycles. The molecule has 4 heterocycles. The molecule has 25 heavy (non-hydrogen) atoms.